The molecule has 152 valence electrons. The van der Waals surface area contributed by atoms with Gasteiger partial charge in [0, 0.05) is 43.3 Å². The summed E-state index contributed by atoms with van der Waals surface area (Å²) in [5.41, 5.74) is 5.08. The van der Waals surface area contributed by atoms with Gasteiger partial charge in [0.05, 0.1) is 18.3 Å². The summed E-state index contributed by atoms with van der Waals surface area (Å²) in [6.45, 7) is 14.8. The summed E-state index contributed by atoms with van der Waals surface area (Å²) in [7, 11) is 0. The van der Waals surface area contributed by atoms with Crippen molar-refractivity contribution in [3.05, 3.63) is 52.8 Å². The van der Waals surface area contributed by atoms with Gasteiger partial charge in [0.25, 0.3) is 5.91 Å². The molecule has 3 rings (SSSR count). The van der Waals surface area contributed by atoms with Gasteiger partial charge >= 0.3 is 0 Å². The number of rotatable bonds is 6. The number of para-hydroxylation sites is 1. The number of hydrogen-bond acceptors (Lipinski definition) is 3. The van der Waals surface area contributed by atoms with E-state index in [1.54, 1.807) is 0 Å². The average molecular weight is 384 g/mol. The first-order valence-corrected chi connectivity index (χ1v) is 10.2. The Morgan fingerprint density at radius 1 is 1.25 bits per heavy atom. The Morgan fingerprint density at radius 3 is 2.71 bits per heavy atom. The summed E-state index contributed by atoms with van der Waals surface area (Å²) >= 11 is 0. The molecule has 0 radical (unpaired) electrons. The number of aromatic nitrogens is 1. The van der Waals surface area contributed by atoms with Gasteiger partial charge in [-0.05, 0) is 44.4 Å². The van der Waals surface area contributed by atoms with Crippen molar-refractivity contribution >= 4 is 5.91 Å². The first-order chi connectivity index (χ1) is 13.4. The monoisotopic (exact) mass is 383 g/mol. The molecular weight excluding hydrogens is 350 g/mol. The Morgan fingerprint density at radius 2 is 2.00 bits per heavy atom. The van der Waals surface area contributed by atoms with Gasteiger partial charge in [-0.1, -0.05) is 32.0 Å². The maximum Gasteiger partial charge on any atom is 0.253 e. The highest BCUT2D eigenvalue weighted by atomic mass is 16.5. The fourth-order valence-corrected chi connectivity index (χ4v) is 4.07. The van der Waals surface area contributed by atoms with Crippen LogP contribution in [0.15, 0.2) is 30.3 Å². The van der Waals surface area contributed by atoms with Gasteiger partial charge in [-0.15, -0.1) is 0 Å². The average Bonchev–Trinajstić information content (AvgIpc) is 2.94. The molecule has 0 bridgehead atoms. The van der Waals surface area contributed by atoms with Gasteiger partial charge < -0.3 is 14.6 Å². The Bertz CT molecular complexity index is 825. The molecule has 1 saturated heterocycles. The van der Waals surface area contributed by atoms with Gasteiger partial charge in [-0.3, -0.25) is 9.69 Å². The molecule has 2 aromatic rings. The van der Waals surface area contributed by atoms with Crippen LogP contribution in [0.2, 0.25) is 0 Å². The molecule has 1 aliphatic rings. The highest BCUT2D eigenvalue weighted by Crippen LogP contribution is 2.23. The van der Waals surface area contributed by atoms with Crippen molar-refractivity contribution in [3.8, 4) is 5.69 Å². The smallest absolute Gasteiger partial charge is 0.253 e. The van der Waals surface area contributed by atoms with Gasteiger partial charge in [0.2, 0.25) is 0 Å². The third-order valence-electron chi connectivity index (χ3n) is 5.37. The van der Waals surface area contributed by atoms with Crippen LogP contribution in [0.3, 0.4) is 0 Å². The lowest BCUT2D eigenvalue weighted by Crippen LogP contribution is -2.48. The van der Waals surface area contributed by atoms with Crippen LogP contribution >= 0.6 is 0 Å². The van der Waals surface area contributed by atoms with Gasteiger partial charge in [-0.2, -0.15) is 0 Å². The molecule has 0 saturated carbocycles. The van der Waals surface area contributed by atoms with Crippen LogP contribution in [0.5, 0.6) is 0 Å². The molecule has 1 amide bonds. The molecule has 5 heteroatoms. The summed E-state index contributed by atoms with van der Waals surface area (Å²) < 4.78 is 8.02. The summed E-state index contributed by atoms with van der Waals surface area (Å²) in [5.74, 6) is 0.609. The SMILES string of the molecule is Cc1ccccc1-n1c(C)cc(C(=O)NCC2CN(CC(C)C)CCO2)c1C. The minimum Gasteiger partial charge on any atom is -0.374 e. The zero-order valence-corrected chi connectivity index (χ0v) is 17.8. The maximum atomic E-state index is 12.9. The van der Waals surface area contributed by atoms with E-state index in [4.69, 9.17) is 4.74 Å². The Kier molecular flexibility index (Phi) is 6.57. The Balaban J connectivity index is 1.67. The van der Waals surface area contributed by atoms with E-state index in [1.165, 1.54) is 5.56 Å². The molecule has 1 fully saturated rings. The van der Waals surface area contributed by atoms with Crippen LogP contribution in [-0.2, 0) is 4.74 Å². The topological polar surface area (TPSA) is 46.5 Å². The van der Waals surface area contributed by atoms with Crippen LogP contribution in [0.1, 0.15) is 41.2 Å². The summed E-state index contributed by atoms with van der Waals surface area (Å²) in [6, 6.07) is 10.2. The first kappa shape index (κ1) is 20.6. The highest BCUT2D eigenvalue weighted by Gasteiger charge is 2.23. The number of benzene rings is 1. The van der Waals surface area contributed by atoms with E-state index in [1.807, 2.05) is 32.0 Å². The first-order valence-electron chi connectivity index (χ1n) is 10.2. The van der Waals surface area contributed by atoms with E-state index < -0.39 is 0 Å². The maximum absolute atomic E-state index is 12.9. The predicted octanol–water partition coefficient (Wildman–Crippen LogP) is 3.49. The molecule has 28 heavy (non-hydrogen) atoms. The number of amides is 1. The van der Waals surface area contributed by atoms with E-state index in [9.17, 15) is 4.79 Å². The predicted molar refractivity (Wildman–Crippen MR) is 113 cm³/mol. The van der Waals surface area contributed by atoms with Crippen molar-refractivity contribution in [3.63, 3.8) is 0 Å². The molecular formula is C23H33N3O2. The fraction of sp³-hybridized carbons (Fsp3) is 0.522. The molecule has 1 N–H and O–H groups in total. The number of hydrogen-bond donors (Lipinski definition) is 1. The number of nitrogens with zero attached hydrogens (tertiary/aromatic N) is 2. The molecule has 5 nitrogen and oxygen atoms in total. The van der Waals surface area contributed by atoms with Crippen LogP contribution in [0.25, 0.3) is 5.69 Å². The quantitative estimate of drug-likeness (QED) is 0.831. The van der Waals surface area contributed by atoms with E-state index in [-0.39, 0.29) is 12.0 Å². The summed E-state index contributed by atoms with van der Waals surface area (Å²) in [4.78, 5) is 15.3. The van der Waals surface area contributed by atoms with Gasteiger partial charge in [-0.25, -0.2) is 0 Å². The van der Waals surface area contributed by atoms with Crippen molar-refractivity contribution in [1.29, 1.82) is 0 Å². The van der Waals surface area contributed by atoms with Crippen molar-refractivity contribution in [2.24, 2.45) is 5.92 Å². The molecule has 2 heterocycles. The second kappa shape index (κ2) is 8.93. The summed E-state index contributed by atoms with van der Waals surface area (Å²) in [5, 5.41) is 3.09. The number of carbonyl (C=O) groups excluding carboxylic acids is 1. The van der Waals surface area contributed by atoms with Gasteiger partial charge in [0.15, 0.2) is 0 Å². The van der Waals surface area contributed by atoms with E-state index >= 15 is 0 Å². The zero-order chi connectivity index (χ0) is 20.3. The minimum absolute atomic E-state index is 0.0301. The molecule has 1 aromatic heterocycles. The summed E-state index contributed by atoms with van der Waals surface area (Å²) in [6.07, 6.45) is 0.0521. The lowest BCUT2D eigenvalue weighted by Gasteiger charge is -2.33. The molecule has 1 aromatic carbocycles. The number of nitrogens with one attached hydrogen (secondary N) is 1. The highest BCUT2D eigenvalue weighted by molar-refractivity contribution is 5.96. The lowest BCUT2D eigenvalue weighted by molar-refractivity contribution is -0.0295. The third kappa shape index (κ3) is 4.65. The largest absolute Gasteiger partial charge is 0.374 e. The van der Waals surface area contributed by atoms with Crippen LogP contribution in [0.4, 0.5) is 0 Å². The normalized spacial score (nSPS) is 17.9. The minimum atomic E-state index is -0.0301. The van der Waals surface area contributed by atoms with Gasteiger partial charge in [0.1, 0.15) is 0 Å². The molecule has 1 unspecified atom stereocenters. The number of aryl methyl sites for hydroxylation is 2. The number of carbonyl (C=O) groups is 1. The molecule has 1 aliphatic heterocycles. The standard InChI is InChI=1S/C23H33N3O2/c1-16(2)14-25-10-11-28-20(15-25)13-24-23(27)21-12-18(4)26(19(21)5)22-9-7-6-8-17(22)3/h6-9,12,16,20H,10-11,13-15H2,1-5H3,(H,24,27). The second-order valence-electron chi connectivity index (χ2n) is 8.26. The van der Waals surface area contributed by atoms with Crippen molar-refractivity contribution in [1.82, 2.24) is 14.8 Å². The van der Waals surface area contributed by atoms with Crippen molar-refractivity contribution < 1.29 is 9.53 Å². The third-order valence-corrected chi connectivity index (χ3v) is 5.37. The zero-order valence-electron chi connectivity index (χ0n) is 17.8. The lowest BCUT2D eigenvalue weighted by atomic mass is 10.1. The van der Waals surface area contributed by atoms with Crippen molar-refractivity contribution in [2.75, 3.05) is 32.8 Å². The van der Waals surface area contributed by atoms with E-state index in [2.05, 4.69) is 47.7 Å². The number of ether oxygens (including phenoxy) is 1. The Hall–Kier alpha value is -2.11. The second-order valence-corrected chi connectivity index (χ2v) is 8.26. The fourth-order valence-electron chi connectivity index (χ4n) is 4.07. The molecule has 1 atom stereocenters. The van der Waals surface area contributed by atoms with Crippen molar-refractivity contribution in [2.45, 2.75) is 40.7 Å². The molecule has 0 aliphatic carbocycles. The van der Waals surface area contributed by atoms with Crippen LogP contribution in [-0.4, -0.2) is 54.3 Å². The number of morpholine rings is 1. The molecule has 0 spiro atoms. The van der Waals surface area contributed by atoms with Crippen LogP contribution in [0, 0.1) is 26.7 Å². The van der Waals surface area contributed by atoms with E-state index in [0.29, 0.717) is 12.5 Å². The van der Waals surface area contributed by atoms with E-state index in [0.717, 1.165) is 48.9 Å². The van der Waals surface area contributed by atoms with Crippen LogP contribution < -0.4 is 5.32 Å². The Labute approximate surface area is 168 Å².